The van der Waals surface area contributed by atoms with Gasteiger partial charge in [-0.2, -0.15) is 0 Å². The Hall–Kier alpha value is -2.76. The summed E-state index contributed by atoms with van der Waals surface area (Å²) in [6, 6.07) is 3.09. The van der Waals surface area contributed by atoms with Crippen molar-refractivity contribution in [1.29, 1.82) is 0 Å². The van der Waals surface area contributed by atoms with Gasteiger partial charge in [0.05, 0.1) is 16.8 Å². The zero-order valence-electron chi connectivity index (χ0n) is 14.5. The number of halogens is 2. The fraction of sp³-hybridized carbons (Fsp3) is 0.375. The van der Waals surface area contributed by atoms with Gasteiger partial charge in [0.15, 0.2) is 11.5 Å². The third kappa shape index (κ3) is 4.94. The predicted octanol–water partition coefficient (Wildman–Crippen LogP) is 2.34. The lowest BCUT2D eigenvalue weighted by molar-refractivity contribution is 0.118. The smallest absolute Gasteiger partial charge is 0.320 e. The first-order valence-corrected chi connectivity index (χ1v) is 8.86. The van der Waals surface area contributed by atoms with Crippen molar-refractivity contribution in [3.8, 4) is 0 Å². The third-order valence-electron chi connectivity index (χ3n) is 4.23. The predicted molar refractivity (Wildman–Crippen MR) is 97.2 cm³/mol. The fourth-order valence-corrected chi connectivity index (χ4v) is 2.96. The van der Waals surface area contributed by atoms with Crippen molar-refractivity contribution in [3.63, 3.8) is 0 Å². The lowest BCUT2D eigenvalue weighted by Crippen LogP contribution is -2.41. The molecule has 2 aromatic rings. The summed E-state index contributed by atoms with van der Waals surface area (Å²) in [4.78, 5) is 16.2. The van der Waals surface area contributed by atoms with E-state index in [2.05, 4.69) is 30.6 Å². The first kappa shape index (κ1) is 20.0. The van der Waals surface area contributed by atoms with Crippen LogP contribution in [0.2, 0.25) is 5.02 Å². The number of hydrogen-bond donors (Lipinski definition) is 5. The molecule has 150 valence electrons. The molecule has 1 heterocycles. The van der Waals surface area contributed by atoms with Gasteiger partial charge in [-0.25, -0.2) is 18.8 Å². The van der Waals surface area contributed by atoms with Gasteiger partial charge in [-0.05, 0) is 54.2 Å². The second kappa shape index (κ2) is 8.95. The molecule has 0 bridgehead atoms. The minimum atomic E-state index is -0.614. The van der Waals surface area contributed by atoms with Gasteiger partial charge in [0.25, 0.3) is 0 Å². The number of urea groups is 1. The standard InChI is InChI=1S/C16H18ClFN6O4/c17-11-7-9(3-6-12(11)18)19-14(22-27)13-15(24-28-23-13)21-16(26)20-8-1-4-10(25)5-2-8/h3,6-8,10,25,27H,1-2,4-5H2,(H,19,22)(H2,20,21,24,26). The van der Waals surface area contributed by atoms with Crippen LogP contribution in [0.15, 0.2) is 27.8 Å². The van der Waals surface area contributed by atoms with E-state index in [0.717, 1.165) is 6.07 Å². The first-order chi connectivity index (χ1) is 13.5. The summed E-state index contributed by atoms with van der Waals surface area (Å²) in [7, 11) is 0. The number of aromatic nitrogens is 2. The topological polar surface area (TPSA) is 145 Å². The van der Waals surface area contributed by atoms with Crippen LogP contribution in [0.1, 0.15) is 31.4 Å². The van der Waals surface area contributed by atoms with Gasteiger partial charge in [-0.3, -0.25) is 16.0 Å². The van der Waals surface area contributed by atoms with Crippen LogP contribution in [0.25, 0.3) is 0 Å². The van der Waals surface area contributed by atoms with E-state index in [1.54, 1.807) is 0 Å². The van der Waals surface area contributed by atoms with E-state index in [9.17, 15) is 19.5 Å². The van der Waals surface area contributed by atoms with E-state index in [1.807, 2.05) is 5.48 Å². The third-order valence-corrected chi connectivity index (χ3v) is 4.52. The maximum Gasteiger partial charge on any atom is 0.320 e. The molecule has 1 aliphatic carbocycles. The Bertz CT molecular complexity index is 869. The van der Waals surface area contributed by atoms with Crippen molar-refractivity contribution >= 4 is 35.0 Å². The number of hydrogen-bond acceptors (Lipinski definition) is 7. The molecular formula is C16H18ClFN6O4. The molecule has 1 fully saturated rings. The molecule has 0 atom stereocenters. The molecule has 5 N–H and O–H groups in total. The highest BCUT2D eigenvalue weighted by molar-refractivity contribution is 6.31. The molecule has 12 heteroatoms. The van der Waals surface area contributed by atoms with Crippen LogP contribution in [0.5, 0.6) is 0 Å². The highest BCUT2D eigenvalue weighted by Crippen LogP contribution is 2.23. The number of aliphatic imine (C=N–C) groups is 1. The number of amidine groups is 1. The molecule has 0 saturated heterocycles. The Labute approximate surface area is 163 Å². The number of aliphatic hydroxyl groups is 1. The van der Waals surface area contributed by atoms with Crippen LogP contribution in [-0.2, 0) is 0 Å². The number of anilines is 1. The molecule has 0 spiro atoms. The SMILES string of the molecule is O=C(Nc1nonc1C(=Nc1ccc(F)c(Cl)c1)NO)NC1CCC(O)CC1. The maximum absolute atomic E-state index is 13.3. The highest BCUT2D eigenvalue weighted by atomic mass is 35.5. The lowest BCUT2D eigenvalue weighted by atomic mass is 9.93. The van der Waals surface area contributed by atoms with E-state index in [4.69, 9.17) is 11.6 Å². The van der Waals surface area contributed by atoms with Crippen molar-refractivity contribution in [1.82, 2.24) is 21.1 Å². The highest BCUT2D eigenvalue weighted by Gasteiger charge is 2.23. The number of rotatable bonds is 4. The Morgan fingerprint density at radius 1 is 1.29 bits per heavy atom. The summed E-state index contributed by atoms with van der Waals surface area (Å²) >= 11 is 5.71. The van der Waals surface area contributed by atoms with Gasteiger partial charge in [-0.1, -0.05) is 11.6 Å². The molecule has 0 radical (unpaired) electrons. The number of hydroxylamine groups is 1. The van der Waals surface area contributed by atoms with Crippen LogP contribution < -0.4 is 16.1 Å². The summed E-state index contributed by atoms with van der Waals surface area (Å²) in [6.07, 6.45) is 2.23. The normalized spacial score (nSPS) is 19.9. The van der Waals surface area contributed by atoms with Crippen molar-refractivity contribution in [2.75, 3.05) is 5.32 Å². The van der Waals surface area contributed by atoms with Crippen LogP contribution in [0.3, 0.4) is 0 Å². The molecule has 0 unspecified atom stereocenters. The summed E-state index contributed by atoms with van der Waals surface area (Å²) in [6.45, 7) is 0. The zero-order chi connectivity index (χ0) is 20.1. The van der Waals surface area contributed by atoms with E-state index in [1.165, 1.54) is 12.1 Å². The van der Waals surface area contributed by atoms with Gasteiger partial charge in [0.2, 0.25) is 5.82 Å². The van der Waals surface area contributed by atoms with Crippen LogP contribution in [0.4, 0.5) is 20.7 Å². The molecule has 10 nitrogen and oxygen atoms in total. The molecule has 2 amide bonds. The van der Waals surface area contributed by atoms with Crippen molar-refractivity contribution in [2.24, 2.45) is 4.99 Å². The molecule has 28 heavy (non-hydrogen) atoms. The van der Waals surface area contributed by atoms with Gasteiger partial charge in [0.1, 0.15) is 5.82 Å². The Morgan fingerprint density at radius 2 is 2.04 bits per heavy atom. The van der Waals surface area contributed by atoms with E-state index >= 15 is 0 Å². The van der Waals surface area contributed by atoms with Crippen molar-refractivity contribution < 1.29 is 24.1 Å². The Morgan fingerprint density at radius 3 is 2.71 bits per heavy atom. The minimum absolute atomic E-state index is 0.0721. The molecule has 3 rings (SSSR count). The van der Waals surface area contributed by atoms with Gasteiger partial charge < -0.3 is 10.4 Å². The maximum atomic E-state index is 13.3. The number of carbonyl (C=O) groups excluding carboxylic acids is 1. The lowest BCUT2D eigenvalue weighted by Gasteiger charge is -2.25. The van der Waals surface area contributed by atoms with Gasteiger partial charge in [0, 0.05) is 6.04 Å². The molecule has 1 aromatic carbocycles. The molecule has 1 saturated carbocycles. The van der Waals surface area contributed by atoms with Crippen molar-refractivity contribution in [2.45, 2.75) is 37.8 Å². The van der Waals surface area contributed by atoms with E-state index in [-0.39, 0.29) is 40.2 Å². The second-order valence-corrected chi connectivity index (χ2v) is 6.64. The van der Waals surface area contributed by atoms with Gasteiger partial charge >= 0.3 is 6.03 Å². The summed E-state index contributed by atoms with van der Waals surface area (Å²) in [5, 5.41) is 31.2. The number of benzene rings is 1. The van der Waals surface area contributed by atoms with Crippen LogP contribution >= 0.6 is 11.6 Å². The summed E-state index contributed by atoms with van der Waals surface area (Å²) in [5.41, 5.74) is 1.99. The fourth-order valence-electron chi connectivity index (χ4n) is 2.79. The van der Waals surface area contributed by atoms with E-state index in [0.29, 0.717) is 25.7 Å². The number of nitrogens with zero attached hydrogens (tertiary/aromatic N) is 3. The Balaban J connectivity index is 1.71. The quantitative estimate of drug-likeness (QED) is 0.294. The average Bonchev–Trinajstić information content (AvgIpc) is 3.12. The zero-order valence-corrected chi connectivity index (χ0v) is 15.3. The number of aliphatic hydroxyl groups excluding tert-OH is 1. The van der Waals surface area contributed by atoms with Crippen molar-refractivity contribution in [3.05, 3.63) is 34.7 Å². The molecule has 1 aliphatic rings. The van der Waals surface area contributed by atoms with E-state index < -0.39 is 11.8 Å². The first-order valence-electron chi connectivity index (χ1n) is 8.48. The average molecular weight is 413 g/mol. The second-order valence-electron chi connectivity index (χ2n) is 6.24. The van der Waals surface area contributed by atoms with Crippen LogP contribution in [-0.4, -0.2) is 44.6 Å². The molecular weight excluding hydrogens is 395 g/mol. The molecule has 0 aliphatic heterocycles. The van der Waals surface area contributed by atoms with Gasteiger partial charge in [-0.15, -0.1) is 0 Å². The molecule has 1 aromatic heterocycles. The Kier molecular flexibility index (Phi) is 6.39. The monoisotopic (exact) mass is 412 g/mol. The number of nitrogens with one attached hydrogen (secondary N) is 3. The van der Waals surface area contributed by atoms with Crippen LogP contribution in [0, 0.1) is 5.82 Å². The number of carbonyl (C=O) groups is 1. The largest absolute Gasteiger partial charge is 0.393 e. The summed E-state index contributed by atoms with van der Waals surface area (Å²) in [5.74, 6) is -0.890. The minimum Gasteiger partial charge on any atom is -0.393 e. The number of amides is 2. The summed E-state index contributed by atoms with van der Waals surface area (Å²) < 4.78 is 17.9.